The van der Waals surface area contributed by atoms with Gasteiger partial charge in [0.1, 0.15) is 31.2 Å². The third kappa shape index (κ3) is 2.20. The molecule has 0 aliphatic carbocycles. The molecule has 1 rings (SSSR count). The van der Waals surface area contributed by atoms with Crippen LogP contribution < -0.4 is 0 Å². The van der Waals surface area contributed by atoms with Crippen LogP contribution in [0.4, 0.5) is 0 Å². The summed E-state index contributed by atoms with van der Waals surface area (Å²) in [5.41, 5.74) is 0. The summed E-state index contributed by atoms with van der Waals surface area (Å²) in [6.45, 7) is -1.24. The molecule has 7 heteroatoms. The molecule has 1 saturated heterocycles. The third-order valence-corrected chi connectivity index (χ3v) is 2.11. The van der Waals surface area contributed by atoms with Crippen LogP contribution in [0.15, 0.2) is 0 Å². The average molecular weight is 210 g/mol. The summed E-state index contributed by atoms with van der Waals surface area (Å²) in [6, 6.07) is 0. The predicted molar refractivity (Wildman–Crippen MR) is 41.9 cm³/mol. The first-order chi connectivity index (χ1) is 6.61. The summed E-state index contributed by atoms with van der Waals surface area (Å²) < 4.78 is 9.30. The molecule has 5 N–H and O–H groups in total. The Labute approximate surface area is 80.1 Å². The molecule has 1 heterocycles. The quantitative estimate of drug-likeness (QED) is 0.310. The van der Waals surface area contributed by atoms with E-state index in [0.717, 1.165) is 0 Å². The fraction of sp³-hybridized carbons (Fsp3) is 1.00. The monoisotopic (exact) mass is 210 g/mol. The Bertz CT molecular complexity index is 175. The fourth-order valence-corrected chi connectivity index (χ4v) is 1.34. The van der Waals surface area contributed by atoms with E-state index in [1.54, 1.807) is 0 Å². The van der Waals surface area contributed by atoms with E-state index < -0.39 is 44.1 Å². The Hall–Kier alpha value is -0.280. The second-order valence-electron chi connectivity index (χ2n) is 2.99. The molecule has 0 aromatic rings. The highest BCUT2D eigenvalue weighted by Crippen LogP contribution is 2.21. The highest BCUT2D eigenvalue weighted by molar-refractivity contribution is 4.89. The van der Waals surface area contributed by atoms with Crippen LogP contribution in [0.1, 0.15) is 0 Å². The Morgan fingerprint density at radius 3 is 2.21 bits per heavy atom. The predicted octanol–water partition coefficient (Wildman–Crippen LogP) is -3.25. The van der Waals surface area contributed by atoms with Gasteiger partial charge in [0, 0.05) is 0 Å². The number of hydrogen-bond donors (Lipinski definition) is 5. The number of aliphatic hydroxyl groups excluding tert-OH is 5. The minimum atomic E-state index is -1.49. The van der Waals surface area contributed by atoms with Gasteiger partial charge in [0.25, 0.3) is 0 Å². The topological polar surface area (TPSA) is 120 Å². The van der Waals surface area contributed by atoms with Gasteiger partial charge in [-0.1, -0.05) is 0 Å². The van der Waals surface area contributed by atoms with Crippen molar-refractivity contribution in [3.63, 3.8) is 0 Å². The fourth-order valence-electron chi connectivity index (χ4n) is 1.34. The number of ether oxygens (including phenoxy) is 2. The summed E-state index contributed by atoms with van der Waals surface area (Å²) in [7, 11) is 0. The maximum Gasteiger partial charge on any atom is 0.184 e. The van der Waals surface area contributed by atoms with Gasteiger partial charge in [-0.2, -0.15) is 0 Å². The van der Waals surface area contributed by atoms with Crippen LogP contribution in [-0.4, -0.2) is 69.6 Å². The molecule has 84 valence electrons. The van der Waals surface area contributed by atoms with Crippen molar-refractivity contribution in [1.82, 2.24) is 0 Å². The van der Waals surface area contributed by atoms with E-state index in [-0.39, 0.29) is 0 Å². The lowest BCUT2D eigenvalue weighted by atomic mass is 9.99. The lowest BCUT2D eigenvalue weighted by Crippen LogP contribution is -2.59. The van der Waals surface area contributed by atoms with Crippen LogP contribution in [0.5, 0.6) is 0 Å². The van der Waals surface area contributed by atoms with Crippen molar-refractivity contribution in [2.24, 2.45) is 0 Å². The summed E-state index contributed by atoms with van der Waals surface area (Å²) in [5, 5.41) is 45.1. The molecule has 1 aliphatic heterocycles. The third-order valence-electron chi connectivity index (χ3n) is 2.11. The van der Waals surface area contributed by atoms with Gasteiger partial charge in [0.2, 0.25) is 0 Å². The number of aliphatic hydroxyl groups is 5. The molecule has 14 heavy (non-hydrogen) atoms. The first kappa shape index (κ1) is 11.8. The van der Waals surface area contributed by atoms with Crippen LogP contribution in [0.25, 0.3) is 0 Å². The molecule has 0 aromatic heterocycles. The Morgan fingerprint density at radius 2 is 1.71 bits per heavy atom. The van der Waals surface area contributed by atoms with Crippen molar-refractivity contribution in [3.05, 3.63) is 0 Å². The number of hydrogen-bond acceptors (Lipinski definition) is 7. The first-order valence-electron chi connectivity index (χ1n) is 4.14. The standard InChI is InChI=1S/C7H14O7/c8-1-3-4(10)5(11)6(13-2-9)7(12)14-3/h3-12H,1-2H2/t3?,4-,5-,6+,7+/m0/s1. The summed E-state index contributed by atoms with van der Waals surface area (Å²) in [4.78, 5) is 0. The molecule has 5 atom stereocenters. The van der Waals surface area contributed by atoms with Gasteiger partial charge in [-0.3, -0.25) is 0 Å². The van der Waals surface area contributed by atoms with Gasteiger partial charge >= 0.3 is 0 Å². The molecule has 1 aliphatic rings. The van der Waals surface area contributed by atoms with Crippen LogP contribution in [0.3, 0.4) is 0 Å². The lowest BCUT2D eigenvalue weighted by molar-refractivity contribution is -0.304. The maximum absolute atomic E-state index is 9.40. The van der Waals surface area contributed by atoms with Gasteiger partial charge in [-0.25, -0.2) is 0 Å². The van der Waals surface area contributed by atoms with E-state index in [0.29, 0.717) is 0 Å². The van der Waals surface area contributed by atoms with Gasteiger partial charge < -0.3 is 35.0 Å². The van der Waals surface area contributed by atoms with Crippen LogP contribution in [0, 0.1) is 0 Å². The Morgan fingerprint density at radius 1 is 1.07 bits per heavy atom. The van der Waals surface area contributed by atoms with Gasteiger partial charge in [0.15, 0.2) is 6.29 Å². The molecule has 7 nitrogen and oxygen atoms in total. The van der Waals surface area contributed by atoms with E-state index in [1.807, 2.05) is 0 Å². The molecule has 0 amide bonds. The van der Waals surface area contributed by atoms with E-state index in [9.17, 15) is 15.3 Å². The molecule has 0 saturated carbocycles. The molecular formula is C7H14O7. The maximum atomic E-state index is 9.40. The molecule has 0 bridgehead atoms. The molecule has 1 unspecified atom stereocenters. The zero-order chi connectivity index (χ0) is 10.7. The molecule has 0 spiro atoms. The summed E-state index contributed by atoms with van der Waals surface area (Å²) >= 11 is 0. The minimum absolute atomic E-state index is 0.527. The smallest absolute Gasteiger partial charge is 0.184 e. The average Bonchev–Trinajstić information content (AvgIpc) is 2.18. The van der Waals surface area contributed by atoms with Crippen molar-refractivity contribution in [2.45, 2.75) is 30.7 Å². The Balaban J connectivity index is 2.63. The zero-order valence-electron chi connectivity index (χ0n) is 7.35. The molecule has 0 radical (unpaired) electrons. The van der Waals surface area contributed by atoms with Gasteiger partial charge in [0.05, 0.1) is 6.61 Å². The summed E-state index contributed by atoms with van der Waals surface area (Å²) in [5.74, 6) is 0. The van der Waals surface area contributed by atoms with E-state index in [1.165, 1.54) is 0 Å². The Kier molecular flexibility index (Phi) is 4.20. The normalized spacial score (nSPS) is 43.9. The lowest BCUT2D eigenvalue weighted by Gasteiger charge is -2.39. The van der Waals surface area contributed by atoms with Crippen LogP contribution in [-0.2, 0) is 9.47 Å². The van der Waals surface area contributed by atoms with Gasteiger partial charge in [-0.05, 0) is 0 Å². The second kappa shape index (κ2) is 4.99. The van der Waals surface area contributed by atoms with Crippen molar-refractivity contribution in [1.29, 1.82) is 0 Å². The van der Waals surface area contributed by atoms with E-state index in [2.05, 4.69) is 4.74 Å². The van der Waals surface area contributed by atoms with Crippen molar-refractivity contribution in [2.75, 3.05) is 13.4 Å². The van der Waals surface area contributed by atoms with E-state index >= 15 is 0 Å². The highest BCUT2D eigenvalue weighted by Gasteiger charge is 2.44. The van der Waals surface area contributed by atoms with Crippen molar-refractivity contribution >= 4 is 0 Å². The minimum Gasteiger partial charge on any atom is -0.394 e. The van der Waals surface area contributed by atoms with Crippen LogP contribution in [0.2, 0.25) is 0 Å². The van der Waals surface area contributed by atoms with Gasteiger partial charge in [-0.15, -0.1) is 0 Å². The SMILES string of the molecule is OCO[C@@H]1[C@@H](O)[C@@H](O)C(CO)O[C@H]1O. The highest BCUT2D eigenvalue weighted by atomic mass is 16.7. The zero-order valence-corrected chi connectivity index (χ0v) is 7.35. The molecular weight excluding hydrogens is 196 g/mol. The van der Waals surface area contributed by atoms with Crippen LogP contribution >= 0.6 is 0 Å². The number of rotatable bonds is 3. The summed E-state index contributed by atoms with van der Waals surface area (Å²) in [6.07, 6.45) is -6.54. The van der Waals surface area contributed by atoms with Crippen molar-refractivity contribution in [3.8, 4) is 0 Å². The largest absolute Gasteiger partial charge is 0.394 e. The van der Waals surface area contributed by atoms with Crippen molar-refractivity contribution < 1.29 is 35.0 Å². The second-order valence-corrected chi connectivity index (χ2v) is 2.99. The molecule has 0 aromatic carbocycles. The van der Waals surface area contributed by atoms with E-state index in [4.69, 9.17) is 14.9 Å². The first-order valence-corrected chi connectivity index (χ1v) is 4.14. The molecule has 1 fully saturated rings.